The van der Waals surface area contributed by atoms with E-state index in [9.17, 15) is 0 Å². The van der Waals surface area contributed by atoms with Crippen molar-refractivity contribution in [3.8, 4) is 0 Å². The number of allylic oxidation sites excluding steroid dienone is 1. The second kappa shape index (κ2) is 4.43. The molecule has 0 aliphatic heterocycles. The van der Waals surface area contributed by atoms with Crippen LogP contribution in [0.25, 0.3) is 0 Å². The quantitative estimate of drug-likeness (QED) is 0.280. The van der Waals surface area contributed by atoms with E-state index in [1.54, 1.807) is 17.3 Å². The van der Waals surface area contributed by atoms with Crippen LogP contribution in [-0.4, -0.2) is 33.2 Å². The summed E-state index contributed by atoms with van der Waals surface area (Å²) in [5, 5.41) is 5.55. The fraction of sp³-hybridized carbons (Fsp3) is 0.400. The third kappa shape index (κ3) is 5.27. The van der Waals surface area contributed by atoms with Gasteiger partial charge in [-0.2, -0.15) is 5.10 Å². The van der Waals surface area contributed by atoms with E-state index in [1.807, 2.05) is 14.1 Å². The average Bonchev–Trinajstić information content (AvgIpc) is 1.66. The Labute approximate surface area is 51.3 Å². The fourth-order valence-electron chi connectivity index (χ4n) is 0.222. The Kier molecular flexibility index (Phi) is 4.03. The molecule has 0 saturated carbocycles. The van der Waals surface area contributed by atoms with Gasteiger partial charge in [-0.15, -0.1) is 5.98 Å². The molecular weight excluding hydrogens is 98.9 g/mol. The lowest BCUT2D eigenvalue weighted by atomic mass is 10.1. The molecule has 0 heterocycles. The SMILES string of the molecule is [B]/C=C/C=N/N(C)C. The first-order valence-corrected chi connectivity index (χ1v) is 2.35. The zero-order valence-electron chi connectivity index (χ0n) is 5.20. The summed E-state index contributed by atoms with van der Waals surface area (Å²) in [6, 6.07) is 0. The van der Waals surface area contributed by atoms with Crippen molar-refractivity contribution < 1.29 is 0 Å². The van der Waals surface area contributed by atoms with Gasteiger partial charge < -0.3 is 5.01 Å². The summed E-state index contributed by atoms with van der Waals surface area (Å²) in [4.78, 5) is 0. The molecule has 0 aromatic heterocycles. The summed E-state index contributed by atoms with van der Waals surface area (Å²) in [5.74, 6) is 1.44. The van der Waals surface area contributed by atoms with E-state index in [0.29, 0.717) is 0 Å². The van der Waals surface area contributed by atoms with Gasteiger partial charge in [-0.3, -0.25) is 0 Å². The second-order valence-electron chi connectivity index (χ2n) is 1.50. The highest BCUT2D eigenvalue weighted by Crippen LogP contribution is 1.70. The molecule has 0 unspecified atom stereocenters. The van der Waals surface area contributed by atoms with E-state index in [1.165, 1.54) is 5.98 Å². The highest BCUT2D eigenvalue weighted by Gasteiger charge is 1.68. The Balaban J connectivity index is 3.34. The van der Waals surface area contributed by atoms with Crippen LogP contribution < -0.4 is 0 Å². The summed E-state index contributed by atoms with van der Waals surface area (Å²) >= 11 is 0. The maximum absolute atomic E-state index is 5.02. The molecule has 2 nitrogen and oxygen atoms in total. The first kappa shape index (κ1) is 7.27. The molecule has 0 fully saturated rings. The van der Waals surface area contributed by atoms with Gasteiger partial charge in [0.15, 0.2) is 0 Å². The molecule has 0 N–H and O–H groups in total. The first-order valence-electron chi connectivity index (χ1n) is 2.35. The van der Waals surface area contributed by atoms with Crippen LogP contribution in [0.4, 0.5) is 0 Å². The van der Waals surface area contributed by atoms with E-state index < -0.39 is 0 Å². The van der Waals surface area contributed by atoms with Crippen molar-refractivity contribution in [2.24, 2.45) is 5.10 Å². The molecule has 8 heavy (non-hydrogen) atoms. The van der Waals surface area contributed by atoms with Crippen LogP contribution >= 0.6 is 0 Å². The highest BCUT2D eigenvalue weighted by molar-refractivity contribution is 6.18. The average molecular weight is 108 g/mol. The molecule has 0 aliphatic rings. The number of rotatable bonds is 2. The van der Waals surface area contributed by atoms with Gasteiger partial charge in [0.05, 0.1) is 0 Å². The minimum Gasteiger partial charge on any atom is -0.303 e. The number of hydrogen-bond donors (Lipinski definition) is 0. The topological polar surface area (TPSA) is 15.6 Å². The van der Waals surface area contributed by atoms with Crippen LogP contribution in [0, 0.1) is 0 Å². The smallest absolute Gasteiger partial charge is 0.102 e. The number of hydrogen-bond acceptors (Lipinski definition) is 2. The largest absolute Gasteiger partial charge is 0.303 e. The summed E-state index contributed by atoms with van der Waals surface area (Å²) in [6.45, 7) is 0. The first-order chi connectivity index (χ1) is 3.77. The number of hydrazone groups is 1. The normalized spacial score (nSPS) is 11.2. The lowest BCUT2D eigenvalue weighted by Gasteiger charge is -1.99. The van der Waals surface area contributed by atoms with Crippen molar-refractivity contribution in [1.29, 1.82) is 0 Å². The van der Waals surface area contributed by atoms with Crippen LogP contribution in [0.5, 0.6) is 0 Å². The maximum Gasteiger partial charge on any atom is 0.102 e. The molecule has 0 aromatic rings. The minimum absolute atomic E-state index is 1.44. The van der Waals surface area contributed by atoms with E-state index >= 15 is 0 Å². The molecule has 0 amide bonds. The zero-order chi connectivity index (χ0) is 6.41. The Morgan fingerprint density at radius 1 is 1.50 bits per heavy atom. The van der Waals surface area contributed by atoms with Crippen molar-refractivity contribution in [1.82, 2.24) is 5.01 Å². The van der Waals surface area contributed by atoms with Crippen LogP contribution in [0.2, 0.25) is 0 Å². The van der Waals surface area contributed by atoms with E-state index in [2.05, 4.69) is 5.10 Å². The Morgan fingerprint density at radius 3 is 2.50 bits per heavy atom. The van der Waals surface area contributed by atoms with Crippen molar-refractivity contribution in [2.75, 3.05) is 14.1 Å². The summed E-state index contributed by atoms with van der Waals surface area (Å²) in [5.41, 5.74) is 0. The van der Waals surface area contributed by atoms with E-state index in [-0.39, 0.29) is 0 Å². The molecule has 0 rings (SSSR count). The van der Waals surface area contributed by atoms with Crippen LogP contribution in [0.1, 0.15) is 0 Å². The van der Waals surface area contributed by atoms with Crippen molar-refractivity contribution in [3.05, 3.63) is 12.1 Å². The molecule has 0 aliphatic carbocycles. The van der Waals surface area contributed by atoms with Crippen molar-refractivity contribution >= 4 is 14.1 Å². The van der Waals surface area contributed by atoms with Gasteiger partial charge in [-0.1, -0.05) is 6.08 Å². The summed E-state index contributed by atoms with van der Waals surface area (Å²) < 4.78 is 0. The second-order valence-corrected chi connectivity index (χ2v) is 1.50. The monoisotopic (exact) mass is 108 g/mol. The lowest BCUT2D eigenvalue weighted by molar-refractivity contribution is 0.440. The van der Waals surface area contributed by atoms with Crippen LogP contribution in [0.15, 0.2) is 17.2 Å². The molecule has 0 aromatic carbocycles. The molecule has 42 valence electrons. The van der Waals surface area contributed by atoms with Crippen LogP contribution in [0.3, 0.4) is 0 Å². The van der Waals surface area contributed by atoms with Gasteiger partial charge in [0.2, 0.25) is 0 Å². The third-order valence-electron chi connectivity index (χ3n) is 0.495. The molecule has 0 atom stereocenters. The highest BCUT2D eigenvalue weighted by atomic mass is 15.4. The van der Waals surface area contributed by atoms with Crippen LogP contribution in [-0.2, 0) is 0 Å². The van der Waals surface area contributed by atoms with Crippen molar-refractivity contribution in [3.63, 3.8) is 0 Å². The zero-order valence-corrected chi connectivity index (χ0v) is 5.20. The van der Waals surface area contributed by atoms with Gasteiger partial charge in [0, 0.05) is 20.3 Å². The third-order valence-corrected chi connectivity index (χ3v) is 0.495. The van der Waals surface area contributed by atoms with Gasteiger partial charge in [-0.05, 0) is 0 Å². The minimum atomic E-state index is 1.44. The lowest BCUT2D eigenvalue weighted by Crippen LogP contribution is -2.00. The summed E-state index contributed by atoms with van der Waals surface area (Å²) in [7, 11) is 8.72. The molecule has 0 saturated heterocycles. The van der Waals surface area contributed by atoms with Gasteiger partial charge >= 0.3 is 0 Å². The molecule has 0 spiro atoms. The predicted octanol–water partition coefficient (Wildman–Crippen LogP) is 0.216. The van der Waals surface area contributed by atoms with E-state index in [4.69, 9.17) is 7.85 Å². The molecular formula is C5H9BN2. The van der Waals surface area contributed by atoms with Crippen molar-refractivity contribution in [2.45, 2.75) is 0 Å². The maximum atomic E-state index is 5.02. The molecule has 3 heteroatoms. The van der Waals surface area contributed by atoms with E-state index in [0.717, 1.165) is 0 Å². The Hall–Kier alpha value is -0.725. The Morgan fingerprint density at radius 2 is 2.12 bits per heavy atom. The fourth-order valence-corrected chi connectivity index (χ4v) is 0.222. The molecule has 0 bridgehead atoms. The van der Waals surface area contributed by atoms with Gasteiger partial charge in [0.1, 0.15) is 7.85 Å². The van der Waals surface area contributed by atoms with Gasteiger partial charge in [-0.25, -0.2) is 0 Å². The molecule has 2 radical (unpaired) electrons. The Bertz CT molecular complexity index is 96.6. The standard InChI is InChI=1S/C5H9BN2/c1-8(2)7-5-3-4-6/h3-5H,1-2H3/b4-3+,7-5+. The summed E-state index contributed by atoms with van der Waals surface area (Å²) in [6.07, 6.45) is 3.29. The predicted molar refractivity (Wildman–Crippen MR) is 37.1 cm³/mol. The van der Waals surface area contributed by atoms with Gasteiger partial charge in [0.25, 0.3) is 0 Å². The number of nitrogens with zero attached hydrogens (tertiary/aromatic N) is 2.